The smallest absolute Gasteiger partial charge is 0.225 e. The molecule has 0 aliphatic carbocycles. The molecule has 1 aromatic rings. The minimum Gasteiger partial charge on any atom is -0.225 e. The third kappa shape index (κ3) is 1.64. The highest BCUT2D eigenvalue weighted by atomic mass is 32.1. The lowest BCUT2D eigenvalue weighted by atomic mass is 11.0. The lowest BCUT2D eigenvalue weighted by Gasteiger charge is -1.81. The summed E-state index contributed by atoms with van der Waals surface area (Å²) in [6.45, 7) is 0. The average Bonchev–Trinajstić information content (AvgIpc) is 1.91. The number of nitrogens with zero attached hydrogens (tertiary/aromatic N) is 4. The van der Waals surface area contributed by atoms with Crippen molar-refractivity contribution >= 4 is 23.3 Å². The van der Waals surface area contributed by atoms with Crippen LogP contribution < -0.4 is 0 Å². The van der Waals surface area contributed by atoms with Gasteiger partial charge in [0.05, 0.1) is 5.16 Å². The summed E-state index contributed by atoms with van der Waals surface area (Å²) >= 11 is 4.32. The van der Waals surface area contributed by atoms with Crippen molar-refractivity contribution in [2.75, 3.05) is 0 Å². The molecular weight excluding hydrogens is 136 g/mol. The maximum atomic E-state index is 4.32. The SMILES string of the molecule is S=C=Nc1ncncn1. The van der Waals surface area contributed by atoms with E-state index in [1.165, 1.54) is 12.7 Å². The Morgan fingerprint density at radius 2 is 2.11 bits per heavy atom. The van der Waals surface area contributed by atoms with Crippen molar-refractivity contribution < 1.29 is 0 Å². The minimum absolute atomic E-state index is 0.292. The van der Waals surface area contributed by atoms with Gasteiger partial charge in [-0.05, 0) is 12.2 Å². The first-order valence-electron chi connectivity index (χ1n) is 2.13. The van der Waals surface area contributed by atoms with E-state index in [9.17, 15) is 0 Å². The first kappa shape index (κ1) is 5.94. The summed E-state index contributed by atoms with van der Waals surface area (Å²) in [5, 5.41) is 2.14. The van der Waals surface area contributed by atoms with Gasteiger partial charge in [-0.25, -0.2) is 4.98 Å². The molecule has 0 saturated heterocycles. The zero-order valence-electron chi connectivity index (χ0n) is 4.35. The number of hydrogen-bond acceptors (Lipinski definition) is 5. The van der Waals surface area contributed by atoms with Crippen LogP contribution in [0.4, 0.5) is 5.95 Å². The fraction of sp³-hybridized carbons (Fsp3) is 0. The van der Waals surface area contributed by atoms with Crippen molar-refractivity contribution in [2.24, 2.45) is 4.99 Å². The molecule has 0 bridgehead atoms. The zero-order valence-corrected chi connectivity index (χ0v) is 5.17. The topological polar surface area (TPSA) is 51.0 Å². The lowest BCUT2D eigenvalue weighted by molar-refractivity contribution is 1.04. The molecule has 0 radical (unpaired) electrons. The van der Waals surface area contributed by atoms with Crippen molar-refractivity contribution in [3.05, 3.63) is 12.7 Å². The summed E-state index contributed by atoms with van der Waals surface area (Å²) in [7, 11) is 0. The fourth-order valence-electron chi connectivity index (χ4n) is 0.332. The number of thiocarbonyl (C=S) groups is 1. The molecule has 1 rings (SSSR count). The van der Waals surface area contributed by atoms with Crippen molar-refractivity contribution in [3.8, 4) is 0 Å². The lowest BCUT2D eigenvalue weighted by Crippen LogP contribution is -1.79. The predicted molar refractivity (Wildman–Crippen MR) is 34.5 cm³/mol. The number of hydrogen-bond donors (Lipinski definition) is 0. The molecule has 0 unspecified atom stereocenters. The van der Waals surface area contributed by atoms with Crippen LogP contribution in [-0.2, 0) is 0 Å². The molecule has 0 spiro atoms. The van der Waals surface area contributed by atoms with Gasteiger partial charge in [0.25, 0.3) is 5.95 Å². The second-order valence-corrected chi connectivity index (χ2v) is 1.32. The third-order valence-corrected chi connectivity index (χ3v) is 0.717. The van der Waals surface area contributed by atoms with Gasteiger partial charge in [0.1, 0.15) is 12.7 Å². The van der Waals surface area contributed by atoms with Gasteiger partial charge < -0.3 is 0 Å². The Bertz CT molecular complexity index is 228. The Morgan fingerprint density at radius 3 is 2.67 bits per heavy atom. The van der Waals surface area contributed by atoms with Crippen molar-refractivity contribution in [3.63, 3.8) is 0 Å². The first-order chi connectivity index (χ1) is 4.43. The minimum atomic E-state index is 0.292. The van der Waals surface area contributed by atoms with Crippen LogP contribution in [0.3, 0.4) is 0 Å². The summed E-state index contributed by atoms with van der Waals surface area (Å²) in [6.07, 6.45) is 2.69. The van der Waals surface area contributed by atoms with Gasteiger partial charge in [-0.3, -0.25) is 0 Å². The molecular formula is C4H2N4S. The molecule has 4 nitrogen and oxygen atoms in total. The summed E-state index contributed by atoms with van der Waals surface area (Å²) in [5.41, 5.74) is 0. The molecule has 5 heteroatoms. The normalized spacial score (nSPS) is 8.00. The van der Waals surface area contributed by atoms with Crippen LogP contribution in [0.1, 0.15) is 0 Å². The molecule has 0 aromatic carbocycles. The monoisotopic (exact) mass is 138 g/mol. The van der Waals surface area contributed by atoms with E-state index < -0.39 is 0 Å². The number of aromatic nitrogens is 3. The summed E-state index contributed by atoms with van der Waals surface area (Å²) < 4.78 is 0. The Balaban J connectivity index is 2.97. The van der Waals surface area contributed by atoms with Crippen molar-refractivity contribution in [2.45, 2.75) is 0 Å². The third-order valence-electron chi connectivity index (χ3n) is 0.625. The largest absolute Gasteiger partial charge is 0.261 e. The maximum Gasteiger partial charge on any atom is 0.261 e. The molecule has 44 valence electrons. The van der Waals surface area contributed by atoms with E-state index in [2.05, 4.69) is 37.3 Å². The van der Waals surface area contributed by atoms with Gasteiger partial charge in [0.2, 0.25) is 0 Å². The van der Waals surface area contributed by atoms with Crippen LogP contribution >= 0.6 is 12.2 Å². The van der Waals surface area contributed by atoms with E-state index >= 15 is 0 Å². The molecule has 0 saturated carbocycles. The molecule has 0 atom stereocenters. The second kappa shape index (κ2) is 2.96. The summed E-state index contributed by atoms with van der Waals surface area (Å²) in [5.74, 6) is 0.292. The van der Waals surface area contributed by atoms with Crippen LogP contribution in [0.5, 0.6) is 0 Å². The Labute approximate surface area is 56.7 Å². The number of aliphatic imine (C=N–C) groups is 1. The second-order valence-electron chi connectivity index (χ2n) is 1.14. The van der Waals surface area contributed by atoms with Crippen LogP contribution in [0.25, 0.3) is 0 Å². The highest BCUT2D eigenvalue weighted by molar-refractivity contribution is 7.78. The van der Waals surface area contributed by atoms with E-state index in [0.717, 1.165) is 0 Å². The van der Waals surface area contributed by atoms with E-state index in [4.69, 9.17) is 0 Å². The molecule has 0 fully saturated rings. The van der Waals surface area contributed by atoms with Gasteiger partial charge in [-0.1, -0.05) is 0 Å². The quantitative estimate of drug-likeness (QED) is 0.421. The number of isothiocyanates is 1. The average molecular weight is 138 g/mol. The number of rotatable bonds is 1. The van der Waals surface area contributed by atoms with E-state index in [1.54, 1.807) is 0 Å². The highest BCUT2D eigenvalue weighted by Gasteiger charge is 1.83. The molecule has 1 heterocycles. The molecule has 0 amide bonds. The van der Waals surface area contributed by atoms with Crippen LogP contribution in [0, 0.1) is 0 Å². The summed E-state index contributed by atoms with van der Waals surface area (Å²) in [6, 6.07) is 0. The molecule has 1 aromatic heterocycles. The van der Waals surface area contributed by atoms with Crippen LogP contribution in [-0.4, -0.2) is 20.1 Å². The standard InChI is InChI=1S/C4H2N4S/c9-3-8-4-6-1-5-2-7-4/h1-2H. The first-order valence-corrected chi connectivity index (χ1v) is 2.54. The summed E-state index contributed by atoms with van der Waals surface area (Å²) in [4.78, 5) is 14.4. The van der Waals surface area contributed by atoms with E-state index in [-0.39, 0.29) is 0 Å². The van der Waals surface area contributed by atoms with Crippen LogP contribution in [0.2, 0.25) is 0 Å². The predicted octanol–water partition coefficient (Wildman–Crippen LogP) is 0.606. The fourth-order valence-corrected chi connectivity index (χ4v) is 0.413. The maximum absolute atomic E-state index is 4.32. The Kier molecular flexibility index (Phi) is 1.95. The molecule has 0 N–H and O–H groups in total. The molecule has 0 aliphatic heterocycles. The van der Waals surface area contributed by atoms with Crippen molar-refractivity contribution in [1.82, 2.24) is 15.0 Å². The van der Waals surface area contributed by atoms with Gasteiger partial charge in [0.15, 0.2) is 0 Å². The zero-order chi connectivity index (χ0) is 6.53. The van der Waals surface area contributed by atoms with Gasteiger partial charge in [-0.2, -0.15) is 15.0 Å². The molecule has 9 heavy (non-hydrogen) atoms. The Morgan fingerprint density at radius 1 is 1.44 bits per heavy atom. The highest BCUT2D eigenvalue weighted by Crippen LogP contribution is 1.93. The van der Waals surface area contributed by atoms with Gasteiger partial charge in [0, 0.05) is 0 Å². The van der Waals surface area contributed by atoms with E-state index in [0.29, 0.717) is 5.95 Å². The van der Waals surface area contributed by atoms with Gasteiger partial charge in [-0.15, -0.1) is 0 Å². The Hall–Kier alpha value is -1.19. The van der Waals surface area contributed by atoms with Gasteiger partial charge >= 0.3 is 0 Å². The molecule has 0 aliphatic rings. The van der Waals surface area contributed by atoms with Crippen molar-refractivity contribution in [1.29, 1.82) is 0 Å². The van der Waals surface area contributed by atoms with Crippen LogP contribution in [0.15, 0.2) is 17.6 Å². The van der Waals surface area contributed by atoms with E-state index in [1.807, 2.05) is 0 Å².